The Hall–Kier alpha value is -0.580. The highest BCUT2D eigenvalue weighted by Crippen LogP contribution is 2.28. The molecular formula is C14H21ClO3S. The highest BCUT2D eigenvalue weighted by molar-refractivity contribution is 8.13. The Kier molecular flexibility index (Phi) is 5.83. The minimum Gasteiger partial charge on any atom is -0.373 e. The first-order valence-electron chi connectivity index (χ1n) is 6.38. The van der Waals surface area contributed by atoms with Gasteiger partial charge in [0.25, 0.3) is 9.05 Å². The summed E-state index contributed by atoms with van der Waals surface area (Å²) in [5.74, 6) is 0.779. The Morgan fingerprint density at radius 2 is 1.63 bits per heavy atom. The average Bonchev–Trinajstić information content (AvgIpc) is 2.27. The first kappa shape index (κ1) is 16.5. The van der Waals surface area contributed by atoms with Gasteiger partial charge in [-0.15, -0.1) is 0 Å². The molecule has 0 spiro atoms. The molecule has 0 saturated heterocycles. The number of ether oxygens (including phenoxy) is 1. The largest absolute Gasteiger partial charge is 0.373 e. The molecule has 0 fully saturated rings. The molecule has 0 aliphatic carbocycles. The van der Waals surface area contributed by atoms with Gasteiger partial charge in [0.1, 0.15) is 0 Å². The summed E-state index contributed by atoms with van der Waals surface area (Å²) >= 11 is 0. The van der Waals surface area contributed by atoms with Crippen LogP contribution >= 0.6 is 10.7 Å². The number of halogens is 1. The minimum atomic E-state index is -3.66. The molecule has 0 aliphatic heterocycles. The van der Waals surface area contributed by atoms with Crippen LogP contribution in [0.15, 0.2) is 29.2 Å². The van der Waals surface area contributed by atoms with Crippen molar-refractivity contribution in [2.45, 2.75) is 38.7 Å². The summed E-state index contributed by atoms with van der Waals surface area (Å²) in [4.78, 5) is 0.115. The van der Waals surface area contributed by atoms with E-state index in [1.807, 2.05) is 0 Å². The molecule has 108 valence electrons. The zero-order valence-corrected chi connectivity index (χ0v) is 13.3. The number of hydrogen-bond donors (Lipinski definition) is 0. The fraction of sp³-hybridized carbons (Fsp3) is 0.571. The van der Waals surface area contributed by atoms with Gasteiger partial charge >= 0.3 is 0 Å². The van der Waals surface area contributed by atoms with Gasteiger partial charge in [0.05, 0.1) is 11.0 Å². The zero-order valence-electron chi connectivity index (χ0n) is 11.8. The van der Waals surface area contributed by atoms with Crippen LogP contribution in [0.4, 0.5) is 0 Å². The van der Waals surface area contributed by atoms with E-state index in [1.165, 1.54) is 12.1 Å². The molecule has 1 rings (SSSR count). The normalized spacial score (nSPS) is 14.1. The van der Waals surface area contributed by atoms with Crippen molar-refractivity contribution in [3.05, 3.63) is 29.8 Å². The Balaban J connectivity index is 2.92. The van der Waals surface area contributed by atoms with Gasteiger partial charge in [-0.25, -0.2) is 8.42 Å². The molecule has 0 amide bonds. The van der Waals surface area contributed by atoms with Crippen LogP contribution in [0.25, 0.3) is 0 Å². The number of benzene rings is 1. The Morgan fingerprint density at radius 3 is 2.00 bits per heavy atom. The number of hydrogen-bond acceptors (Lipinski definition) is 3. The van der Waals surface area contributed by atoms with Crippen LogP contribution in [-0.2, 0) is 13.8 Å². The maximum atomic E-state index is 11.2. The van der Waals surface area contributed by atoms with Gasteiger partial charge in [-0.2, -0.15) is 0 Å². The summed E-state index contributed by atoms with van der Waals surface area (Å²) in [6.45, 7) is 9.04. The third kappa shape index (κ3) is 5.13. The summed E-state index contributed by atoms with van der Waals surface area (Å²) in [5, 5.41) is 0. The molecule has 0 unspecified atom stereocenters. The molecule has 0 heterocycles. The molecule has 19 heavy (non-hydrogen) atoms. The van der Waals surface area contributed by atoms with Crippen molar-refractivity contribution in [1.29, 1.82) is 0 Å². The number of rotatable bonds is 6. The lowest BCUT2D eigenvalue weighted by molar-refractivity contribution is 0.00611. The van der Waals surface area contributed by atoms with Gasteiger partial charge in [0.15, 0.2) is 0 Å². The summed E-state index contributed by atoms with van der Waals surface area (Å²) in [6.07, 6.45) is -0.0329. The maximum absolute atomic E-state index is 11.2. The molecule has 0 bridgehead atoms. The lowest BCUT2D eigenvalue weighted by atomic mass is 9.99. The molecule has 0 radical (unpaired) electrons. The van der Waals surface area contributed by atoms with Crippen molar-refractivity contribution in [3.8, 4) is 0 Å². The third-order valence-corrected chi connectivity index (χ3v) is 4.07. The second kappa shape index (κ2) is 6.73. The van der Waals surface area contributed by atoms with Crippen molar-refractivity contribution in [2.75, 3.05) is 6.61 Å². The predicted molar refractivity (Wildman–Crippen MR) is 77.8 cm³/mol. The van der Waals surface area contributed by atoms with E-state index < -0.39 is 9.05 Å². The molecule has 1 aromatic rings. The molecule has 5 heteroatoms. The van der Waals surface area contributed by atoms with Gasteiger partial charge in [-0.05, 0) is 29.5 Å². The second-order valence-corrected chi connectivity index (χ2v) is 7.96. The van der Waals surface area contributed by atoms with Crippen LogP contribution < -0.4 is 0 Å². The van der Waals surface area contributed by atoms with Gasteiger partial charge < -0.3 is 4.74 Å². The summed E-state index contributed by atoms with van der Waals surface area (Å²) in [5.41, 5.74) is 0.972. The van der Waals surface area contributed by atoms with Crippen molar-refractivity contribution < 1.29 is 13.2 Å². The van der Waals surface area contributed by atoms with Crippen LogP contribution in [0.1, 0.15) is 39.4 Å². The van der Waals surface area contributed by atoms with E-state index in [-0.39, 0.29) is 11.0 Å². The van der Waals surface area contributed by atoms with Crippen LogP contribution in [0.2, 0.25) is 0 Å². The lowest BCUT2D eigenvalue weighted by Crippen LogP contribution is -2.14. The third-order valence-electron chi connectivity index (χ3n) is 2.70. The summed E-state index contributed by atoms with van der Waals surface area (Å²) in [7, 11) is 1.64. The molecule has 1 aromatic carbocycles. The van der Waals surface area contributed by atoms with Crippen LogP contribution in [0.3, 0.4) is 0 Å². The van der Waals surface area contributed by atoms with Crippen molar-refractivity contribution in [2.24, 2.45) is 11.8 Å². The summed E-state index contributed by atoms with van der Waals surface area (Å²) < 4.78 is 28.3. The monoisotopic (exact) mass is 304 g/mol. The van der Waals surface area contributed by atoms with Gasteiger partial charge in [-0.3, -0.25) is 0 Å². The zero-order chi connectivity index (χ0) is 14.6. The molecule has 0 aliphatic rings. The highest BCUT2D eigenvalue weighted by atomic mass is 35.7. The predicted octanol–water partition coefficient (Wildman–Crippen LogP) is 3.98. The smallest absolute Gasteiger partial charge is 0.261 e. The maximum Gasteiger partial charge on any atom is 0.261 e. The molecule has 0 aromatic heterocycles. The minimum absolute atomic E-state index is 0.0329. The molecule has 3 nitrogen and oxygen atoms in total. The first-order chi connectivity index (χ1) is 8.71. The van der Waals surface area contributed by atoms with Crippen molar-refractivity contribution >= 4 is 19.7 Å². The average molecular weight is 305 g/mol. The van der Waals surface area contributed by atoms with Crippen LogP contribution in [-0.4, -0.2) is 15.0 Å². The fourth-order valence-corrected chi connectivity index (χ4v) is 2.56. The summed E-state index contributed by atoms with van der Waals surface area (Å²) in [6, 6.07) is 6.57. The molecule has 0 N–H and O–H groups in total. The SMILES string of the molecule is CC(C)CO[C@H](c1ccc(S(=O)(=O)Cl)cc1)C(C)C. The van der Waals surface area contributed by atoms with Gasteiger partial charge in [0, 0.05) is 17.3 Å². The molecule has 1 atom stereocenters. The quantitative estimate of drug-likeness (QED) is 0.747. The standard InChI is InChI=1S/C14H21ClO3S/c1-10(2)9-18-14(11(3)4)12-5-7-13(8-6-12)19(15,16)17/h5-8,10-11,14H,9H2,1-4H3/t14-/m0/s1. The highest BCUT2D eigenvalue weighted by Gasteiger charge is 2.18. The Morgan fingerprint density at radius 1 is 1.11 bits per heavy atom. The fourth-order valence-electron chi connectivity index (χ4n) is 1.79. The van der Waals surface area contributed by atoms with Crippen molar-refractivity contribution in [3.63, 3.8) is 0 Å². The topological polar surface area (TPSA) is 43.4 Å². The van der Waals surface area contributed by atoms with Crippen LogP contribution in [0, 0.1) is 11.8 Å². The van der Waals surface area contributed by atoms with E-state index in [0.29, 0.717) is 18.4 Å². The van der Waals surface area contributed by atoms with E-state index >= 15 is 0 Å². The van der Waals surface area contributed by atoms with Gasteiger partial charge in [0.2, 0.25) is 0 Å². The lowest BCUT2D eigenvalue weighted by Gasteiger charge is -2.23. The van der Waals surface area contributed by atoms with E-state index in [2.05, 4.69) is 27.7 Å². The van der Waals surface area contributed by atoms with E-state index in [1.54, 1.807) is 12.1 Å². The first-order valence-corrected chi connectivity index (χ1v) is 8.69. The Labute approximate surface area is 120 Å². The Bertz CT molecular complexity index is 492. The van der Waals surface area contributed by atoms with E-state index in [0.717, 1.165) is 5.56 Å². The second-order valence-electron chi connectivity index (χ2n) is 5.40. The molecule has 0 saturated carbocycles. The van der Waals surface area contributed by atoms with Crippen LogP contribution in [0.5, 0.6) is 0 Å². The van der Waals surface area contributed by atoms with E-state index in [4.69, 9.17) is 15.4 Å². The van der Waals surface area contributed by atoms with E-state index in [9.17, 15) is 8.42 Å². The van der Waals surface area contributed by atoms with Crippen molar-refractivity contribution in [1.82, 2.24) is 0 Å². The molecular weight excluding hydrogens is 284 g/mol. The van der Waals surface area contributed by atoms with Gasteiger partial charge in [-0.1, -0.05) is 39.8 Å².